The Morgan fingerprint density at radius 1 is 0.886 bits per heavy atom. The Kier molecular flexibility index (Phi) is 4.33. The van der Waals surface area contributed by atoms with Crippen molar-refractivity contribution in [2.24, 2.45) is 5.73 Å². The van der Waals surface area contributed by atoms with Gasteiger partial charge in [0.2, 0.25) is 0 Å². The van der Waals surface area contributed by atoms with Gasteiger partial charge in [-0.2, -0.15) is 5.10 Å². The van der Waals surface area contributed by atoms with Crippen LogP contribution in [-0.4, -0.2) is 59.2 Å². The lowest BCUT2D eigenvalue weighted by molar-refractivity contribution is 0.514. The van der Waals surface area contributed by atoms with E-state index in [4.69, 9.17) is 10.7 Å². The normalized spacial score (nSPS) is 14.0. The topological polar surface area (TPSA) is 138 Å². The summed E-state index contributed by atoms with van der Waals surface area (Å²) in [6, 6.07) is 12.1. The molecule has 1 aliphatic heterocycles. The number of hydrogen-bond donors (Lipinski definition) is 3. The molecule has 0 atom stereocenters. The number of rotatable bonds is 4. The maximum Gasteiger partial charge on any atom is 0.155 e. The van der Waals surface area contributed by atoms with Gasteiger partial charge in [0.1, 0.15) is 17.2 Å². The summed E-state index contributed by atoms with van der Waals surface area (Å²) in [6.45, 7) is 1.58. The van der Waals surface area contributed by atoms with Gasteiger partial charge in [0.25, 0.3) is 0 Å². The number of aromatic nitrogens is 8. The lowest BCUT2D eigenvalue weighted by Gasteiger charge is -2.37. The molecule has 1 saturated heterocycles. The molecule has 0 bridgehead atoms. The molecule has 0 saturated carbocycles. The highest BCUT2D eigenvalue weighted by atomic mass is 15.3. The van der Waals surface area contributed by atoms with Gasteiger partial charge in [-0.15, -0.1) is 0 Å². The molecular formula is C25H20N10. The zero-order chi connectivity index (χ0) is 23.4. The Morgan fingerprint density at radius 2 is 1.83 bits per heavy atom. The zero-order valence-corrected chi connectivity index (χ0v) is 18.6. The quantitative estimate of drug-likeness (QED) is 0.365. The number of anilines is 1. The van der Waals surface area contributed by atoms with E-state index in [-0.39, 0.29) is 6.04 Å². The molecule has 10 heteroatoms. The van der Waals surface area contributed by atoms with Gasteiger partial charge in [0.05, 0.1) is 29.5 Å². The standard InChI is InChI=1S/C25H20N10/c26-15-12-35(13-15)22-11-27-10-21(31-22)14-7-18-23(33-34-25(18)30-9-14)20-8-17-16(4-6-29-24(17)32-20)19-3-1-2-5-28-19/h1-11,15H,12-13,26H2,(H,29,32)(H,30,33,34). The molecule has 0 amide bonds. The second-order valence-corrected chi connectivity index (χ2v) is 8.64. The smallest absolute Gasteiger partial charge is 0.155 e. The minimum Gasteiger partial charge on any atom is -0.352 e. The predicted molar refractivity (Wildman–Crippen MR) is 133 cm³/mol. The molecule has 7 heterocycles. The fourth-order valence-corrected chi connectivity index (χ4v) is 4.50. The summed E-state index contributed by atoms with van der Waals surface area (Å²) in [5.74, 6) is 0.820. The van der Waals surface area contributed by atoms with E-state index in [1.807, 2.05) is 30.3 Å². The number of nitrogens with one attached hydrogen (secondary N) is 2. The molecule has 0 unspecified atom stereocenters. The molecule has 0 radical (unpaired) electrons. The molecule has 35 heavy (non-hydrogen) atoms. The minimum absolute atomic E-state index is 0.191. The zero-order valence-electron chi connectivity index (χ0n) is 18.6. The predicted octanol–water partition coefficient (Wildman–Crippen LogP) is 3.17. The average Bonchev–Trinajstić information content (AvgIpc) is 3.51. The van der Waals surface area contributed by atoms with Crippen molar-refractivity contribution < 1.29 is 0 Å². The summed E-state index contributed by atoms with van der Waals surface area (Å²) in [6.07, 6.45) is 8.87. The first kappa shape index (κ1) is 19.7. The highest BCUT2D eigenvalue weighted by molar-refractivity contribution is 5.99. The number of nitrogens with zero attached hydrogens (tertiary/aromatic N) is 7. The van der Waals surface area contributed by atoms with Crippen molar-refractivity contribution >= 4 is 27.9 Å². The van der Waals surface area contributed by atoms with Gasteiger partial charge in [-0.1, -0.05) is 6.07 Å². The molecule has 0 aliphatic carbocycles. The van der Waals surface area contributed by atoms with E-state index in [2.05, 4.69) is 46.1 Å². The second-order valence-electron chi connectivity index (χ2n) is 8.64. The Hall–Kier alpha value is -4.70. The van der Waals surface area contributed by atoms with Gasteiger partial charge < -0.3 is 15.6 Å². The van der Waals surface area contributed by atoms with Crippen molar-refractivity contribution in [1.82, 2.24) is 40.1 Å². The highest BCUT2D eigenvalue weighted by Gasteiger charge is 2.25. The van der Waals surface area contributed by atoms with Crippen molar-refractivity contribution in [2.45, 2.75) is 6.04 Å². The number of nitrogens with two attached hydrogens (primary N) is 1. The number of H-pyrrole nitrogens is 2. The highest BCUT2D eigenvalue weighted by Crippen LogP contribution is 2.33. The van der Waals surface area contributed by atoms with Crippen LogP contribution < -0.4 is 10.6 Å². The summed E-state index contributed by atoms with van der Waals surface area (Å²) in [5, 5.41) is 9.45. The molecule has 6 aromatic rings. The number of pyridine rings is 3. The third-order valence-electron chi connectivity index (χ3n) is 6.30. The van der Waals surface area contributed by atoms with Crippen molar-refractivity contribution in [2.75, 3.05) is 18.0 Å². The van der Waals surface area contributed by atoms with Crippen LogP contribution in [-0.2, 0) is 0 Å². The van der Waals surface area contributed by atoms with Crippen molar-refractivity contribution in [1.29, 1.82) is 0 Å². The molecule has 6 aromatic heterocycles. The summed E-state index contributed by atoms with van der Waals surface area (Å²) in [5.41, 5.74) is 12.5. The van der Waals surface area contributed by atoms with E-state index >= 15 is 0 Å². The molecule has 1 aliphatic rings. The molecule has 4 N–H and O–H groups in total. The van der Waals surface area contributed by atoms with E-state index < -0.39 is 0 Å². The van der Waals surface area contributed by atoms with Crippen LogP contribution >= 0.6 is 0 Å². The van der Waals surface area contributed by atoms with Crippen LogP contribution in [0, 0.1) is 0 Å². The van der Waals surface area contributed by atoms with Crippen molar-refractivity contribution in [3.05, 3.63) is 67.4 Å². The number of aromatic amines is 2. The summed E-state index contributed by atoms with van der Waals surface area (Å²) >= 11 is 0. The molecular weight excluding hydrogens is 440 g/mol. The van der Waals surface area contributed by atoms with Gasteiger partial charge in [0, 0.05) is 59.6 Å². The third kappa shape index (κ3) is 3.30. The van der Waals surface area contributed by atoms with Crippen LogP contribution in [0.25, 0.3) is 56.0 Å². The van der Waals surface area contributed by atoms with Crippen LogP contribution in [0.15, 0.2) is 67.4 Å². The van der Waals surface area contributed by atoms with Gasteiger partial charge in [-0.05, 0) is 30.3 Å². The Morgan fingerprint density at radius 3 is 2.69 bits per heavy atom. The largest absolute Gasteiger partial charge is 0.352 e. The SMILES string of the molecule is NC1CN(c2cncc(-c3cnc4[nH]nc(-c5cc6c(-c7ccccn7)ccnc6[nH]5)c4c3)n2)C1. The molecule has 0 aromatic carbocycles. The van der Waals surface area contributed by atoms with E-state index in [0.29, 0.717) is 5.65 Å². The Labute approximate surface area is 199 Å². The molecule has 1 fully saturated rings. The maximum atomic E-state index is 5.93. The Balaban J connectivity index is 1.31. The fourth-order valence-electron chi connectivity index (χ4n) is 4.50. The first-order valence-electron chi connectivity index (χ1n) is 11.3. The summed E-state index contributed by atoms with van der Waals surface area (Å²) in [4.78, 5) is 28.3. The molecule has 7 rings (SSSR count). The third-order valence-corrected chi connectivity index (χ3v) is 6.30. The van der Waals surface area contributed by atoms with Crippen LogP contribution in [0.3, 0.4) is 0 Å². The van der Waals surface area contributed by atoms with E-state index in [0.717, 1.165) is 69.2 Å². The van der Waals surface area contributed by atoms with Crippen molar-refractivity contribution in [3.63, 3.8) is 0 Å². The van der Waals surface area contributed by atoms with Gasteiger partial charge in [0.15, 0.2) is 5.65 Å². The van der Waals surface area contributed by atoms with Crippen LogP contribution in [0.4, 0.5) is 5.82 Å². The van der Waals surface area contributed by atoms with E-state index in [1.54, 1.807) is 31.0 Å². The van der Waals surface area contributed by atoms with Crippen LogP contribution in [0.1, 0.15) is 0 Å². The Bertz CT molecular complexity index is 1680. The second kappa shape index (κ2) is 7.67. The van der Waals surface area contributed by atoms with Crippen LogP contribution in [0.5, 0.6) is 0 Å². The molecule has 10 nitrogen and oxygen atoms in total. The fraction of sp³-hybridized carbons (Fsp3) is 0.120. The monoisotopic (exact) mass is 460 g/mol. The van der Waals surface area contributed by atoms with E-state index in [9.17, 15) is 0 Å². The first-order chi connectivity index (χ1) is 17.2. The summed E-state index contributed by atoms with van der Waals surface area (Å²) in [7, 11) is 0. The lowest BCUT2D eigenvalue weighted by atomic mass is 10.1. The number of fused-ring (bicyclic) bond motifs is 2. The van der Waals surface area contributed by atoms with Gasteiger partial charge >= 0.3 is 0 Å². The van der Waals surface area contributed by atoms with Crippen molar-refractivity contribution in [3.8, 4) is 33.9 Å². The van der Waals surface area contributed by atoms with Gasteiger partial charge in [-0.25, -0.2) is 15.0 Å². The lowest BCUT2D eigenvalue weighted by Crippen LogP contribution is -2.56. The molecule has 170 valence electrons. The average molecular weight is 461 g/mol. The minimum atomic E-state index is 0.191. The molecule has 0 spiro atoms. The van der Waals surface area contributed by atoms with Gasteiger partial charge in [-0.3, -0.25) is 15.1 Å². The number of hydrogen-bond acceptors (Lipinski definition) is 8. The first-order valence-corrected chi connectivity index (χ1v) is 11.3. The van der Waals surface area contributed by atoms with Crippen LogP contribution in [0.2, 0.25) is 0 Å². The maximum absolute atomic E-state index is 5.93. The van der Waals surface area contributed by atoms with E-state index in [1.165, 1.54) is 0 Å². The summed E-state index contributed by atoms with van der Waals surface area (Å²) < 4.78 is 0.